The molecule has 1 heterocycles. The fraction of sp³-hybridized carbons (Fsp3) is 0.100. The first kappa shape index (κ1) is 9.15. The number of halogens is 1. The molecule has 0 radical (unpaired) electrons. The molecule has 0 saturated heterocycles. The smallest absolute Gasteiger partial charge is 0.123 e. The van der Waals surface area contributed by atoms with Crippen LogP contribution >= 0.6 is 11.3 Å². The van der Waals surface area contributed by atoms with Crippen LogP contribution in [0.5, 0.6) is 0 Å². The van der Waals surface area contributed by atoms with Crippen molar-refractivity contribution in [3.63, 3.8) is 0 Å². The maximum absolute atomic E-state index is 12.9. The summed E-state index contributed by atoms with van der Waals surface area (Å²) in [6.45, 7) is 1.88. The summed E-state index contributed by atoms with van der Waals surface area (Å²) in [5, 5.41) is 1.52. The largest absolute Gasteiger partial charge is 0.389 e. The number of nitrogen functional groups attached to an aromatic ring is 1. The molecule has 14 heavy (non-hydrogen) atoms. The van der Waals surface area contributed by atoms with Crippen LogP contribution < -0.4 is 5.73 Å². The van der Waals surface area contributed by atoms with E-state index in [1.165, 1.54) is 23.5 Å². The fourth-order valence-corrected chi connectivity index (χ4v) is 2.00. The van der Waals surface area contributed by atoms with Crippen LogP contribution in [0.4, 0.5) is 9.39 Å². The molecule has 1 aromatic heterocycles. The van der Waals surface area contributed by atoms with Gasteiger partial charge in [-0.25, -0.2) is 9.37 Å². The Bertz CT molecular complexity index is 465. The van der Waals surface area contributed by atoms with Gasteiger partial charge in [-0.05, 0) is 19.1 Å². The van der Waals surface area contributed by atoms with Crippen molar-refractivity contribution in [1.29, 1.82) is 0 Å². The highest BCUT2D eigenvalue weighted by Gasteiger charge is 2.08. The third kappa shape index (κ3) is 1.61. The van der Waals surface area contributed by atoms with Gasteiger partial charge in [-0.15, -0.1) is 11.3 Å². The van der Waals surface area contributed by atoms with E-state index in [0.29, 0.717) is 10.7 Å². The van der Waals surface area contributed by atoms with Crippen molar-refractivity contribution in [3.05, 3.63) is 35.1 Å². The second-order valence-electron chi connectivity index (χ2n) is 2.96. The topological polar surface area (TPSA) is 38.9 Å². The number of nitrogens with two attached hydrogens (primary N) is 1. The van der Waals surface area contributed by atoms with Crippen molar-refractivity contribution < 1.29 is 4.39 Å². The molecule has 2 rings (SSSR count). The predicted molar refractivity (Wildman–Crippen MR) is 56.7 cm³/mol. The summed E-state index contributed by atoms with van der Waals surface area (Å²) < 4.78 is 12.9. The molecular formula is C10H9FN2S. The standard InChI is InChI=1S/C10H9FN2S/c1-6-13-9(10(12)14-6)7-3-2-4-8(11)5-7/h2-5H,12H2,1H3. The number of nitrogens with zero attached hydrogens (tertiary/aromatic N) is 1. The van der Waals surface area contributed by atoms with Gasteiger partial charge in [0.25, 0.3) is 0 Å². The van der Waals surface area contributed by atoms with Crippen molar-refractivity contribution in [2.45, 2.75) is 6.92 Å². The zero-order chi connectivity index (χ0) is 10.1. The normalized spacial score (nSPS) is 10.4. The third-order valence-electron chi connectivity index (χ3n) is 1.86. The molecule has 72 valence electrons. The molecule has 0 aliphatic heterocycles. The number of benzene rings is 1. The van der Waals surface area contributed by atoms with E-state index < -0.39 is 0 Å². The number of thiazole rings is 1. The quantitative estimate of drug-likeness (QED) is 0.782. The molecule has 0 saturated carbocycles. The van der Waals surface area contributed by atoms with Gasteiger partial charge < -0.3 is 5.73 Å². The number of aryl methyl sites for hydroxylation is 1. The zero-order valence-electron chi connectivity index (χ0n) is 7.62. The Balaban J connectivity index is 2.54. The molecule has 2 nitrogen and oxygen atoms in total. The van der Waals surface area contributed by atoms with Crippen molar-refractivity contribution in [2.75, 3.05) is 5.73 Å². The molecule has 0 spiro atoms. The van der Waals surface area contributed by atoms with E-state index in [2.05, 4.69) is 4.98 Å². The average Bonchev–Trinajstić information content (AvgIpc) is 2.45. The minimum Gasteiger partial charge on any atom is -0.389 e. The molecule has 2 N–H and O–H groups in total. The molecule has 0 bridgehead atoms. The van der Waals surface area contributed by atoms with Crippen molar-refractivity contribution in [1.82, 2.24) is 4.98 Å². The second-order valence-corrected chi connectivity index (χ2v) is 4.19. The van der Waals surface area contributed by atoms with Crippen molar-refractivity contribution >= 4 is 16.3 Å². The van der Waals surface area contributed by atoms with Gasteiger partial charge in [-0.1, -0.05) is 12.1 Å². The molecule has 0 aliphatic rings. The van der Waals surface area contributed by atoms with Crippen LogP contribution in [0.2, 0.25) is 0 Å². The lowest BCUT2D eigenvalue weighted by atomic mass is 10.1. The first-order valence-electron chi connectivity index (χ1n) is 4.15. The van der Waals surface area contributed by atoms with Crippen molar-refractivity contribution in [2.24, 2.45) is 0 Å². The lowest BCUT2D eigenvalue weighted by molar-refractivity contribution is 0.628. The van der Waals surface area contributed by atoms with E-state index in [0.717, 1.165) is 10.6 Å². The summed E-state index contributed by atoms with van der Waals surface area (Å²) in [4.78, 5) is 4.25. The van der Waals surface area contributed by atoms with Crippen LogP contribution in [0.25, 0.3) is 11.3 Å². The lowest BCUT2D eigenvalue weighted by Gasteiger charge is -1.97. The van der Waals surface area contributed by atoms with Crippen LogP contribution in [0.15, 0.2) is 24.3 Å². The highest BCUT2D eigenvalue weighted by atomic mass is 32.1. The Labute approximate surface area is 85.2 Å². The first-order valence-corrected chi connectivity index (χ1v) is 4.97. The molecular weight excluding hydrogens is 199 g/mol. The number of anilines is 1. The number of aromatic nitrogens is 1. The van der Waals surface area contributed by atoms with Crippen molar-refractivity contribution in [3.8, 4) is 11.3 Å². The summed E-state index contributed by atoms with van der Waals surface area (Å²) in [6, 6.07) is 6.29. The molecule has 2 aromatic rings. The lowest BCUT2D eigenvalue weighted by Crippen LogP contribution is -1.86. The van der Waals surface area contributed by atoms with E-state index >= 15 is 0 Å². The van der Waals surface area contributed by atoms with Gasteiger partial charge in [-0.3, -0.25) is 0 Å². The summed E-state index contributed by atoms with van der Waals surface area (Å²) in [6.07, 6.45) is 0. The minimum absolute atomic E-state index is 0.271. The predicted octanol–water partition coefficient (Wildman–Crippen LogP) is 2.84. The van der Waals surface area contributed by atoms with Gasteiger partial charge in [0.15, 0.2) is 0 Å². The van der Waals surface area contributed by atoms with Gasteiger partial charge in [0, 0.05) is 5.56 Å². The molecule has 0 atom stereocenters. The summed E-state index contributed by atoms with van der Waals surface area (Å²) in [5.41, 5.74) is 7.16. The first-order chi connectivity index (χ1) is 6.66. The number of rotatable bonds is 1. The summed E-state index contributed by atoms with van der Waals surface area (Å²) in [5.74, 6) is -0.271. The Morgan fingerprint density at radius 1 is 1.43 bits per heavy atom. The Hall–Kier alpha value is -1.42. The molecule has 0 fully saturated rings. The second kappa shape index (κ2) is 3.38. The summed E-state index contributed by atoms with van der Waals surface area (Å²) >= 11 is 1.41. The Morgan fingerprint density at radius 3 is 2.79 bits per heavy atom. The van der Waals surface area contributed by atoms with Crippen LogP contribution in [0.1, 0.15) is 5.01 Å². The monoisotopic (exact) mass is 208 g/mol. The van der Waals surface area contributed by atoms with Crippen LogP contribution in [-0.2, 0) is 0 Å². The van der Waals surface area contributed by atoms with E-state index in [4.69, 9.17) is 5.73 Å². The van der Waals surface area contributed by atoms with Gasteiger partial charge >= 0.3 is 0 Å². The van der Waals surface area contributed by atoms with E-state index in [1.54, 1.807) is 12.1 Å². The number of hydrogen-bond donors (Lipinski definition) is 1. The van der Waals surface area contributed by atoms with Crippen LogP contribution in [0.3, 0.4) is 0 Å². The fourth-order valence-electron chi connectivity index (χ4n) is 1.29. The highest BCUT2D eigenvalue weighted by Crippen LogP contribution is 2.30. The van der Waals surface area contributed by atoms with Crippen LogP contribution in [0, 0.1) is 12.7 Å². The van der Waals surface area contributed by atoms with E-state index in [9.17, 15) is 4.39 Å². The van der Waals surface area contributed by atoms with Gasteiger partial charge in [0.2, 0.25) is 0 Å². The molecule has 0 unspecified atom stereocenters. The molecule has 4 heteroatoms. The SMILES string of the molecule is Cc1nc(-c2cccc(F)c2)c(N)s1. The van der Waals surface area contributed by atoms with Gasteiger partial charge in [-0.2, -0.15) is 0 Å². The van der Waals surface area contributed by atoms with Gasteiger partial charge in [0.1, 0.15) is 16.5 Å². The van der Waals surface area contributed by atoms with E-state index in [1.807, 2.05) is 6.92 Å². The molecule has 0 aliphatic carbocycles. The highest BCUT2D eigenvalue weighted by molar-refractivity contribution is 7.16. The van der Waals surface area contributed by atoms with Gasteiger partial charge in [0.05, 0.1) is 5.01 Å². The molecule has 0 amide bonds. The molecule has 1 aromatic carbocycles. The maximum Gasteiger partial charge on any atom is 0.123 e. The summed E-state index contributed by atoms with van der Waals surface area (Å²) in [7, 11) is 0. The Morgan fingerprint density at radius 2 is 2.21 bits per heavy atom. The zero-order valence-corrected chi connectivity index (χ0v) is 8.44. The van der Waals surface area contributed by atoms with Crippen LogP contribution in [-0.4, -0.2) is 4.98 Å². The third-order valence-corrected chi connectivity index (χ3v) is 2.66. The van der Waals surface area contributed by atoms with E-state index in [-0.39, 0.29) is 5.82 Å². The Kier molecular flexibility index (Phi) is 2.21. The minimum atomic E-state index is -0.271. The average molecular weight is 208 g/mol. The number of hydrogen-bond acceptors (Lipinski definition) is 3. The maximum atomic E-state index is 12.9.